The average molecular weight is 358 g/mol. The highest BCUT2D eigenvalue weighted by atomic mass is 16.6. The van der Waals surface area contributed by atoms with Gasteiger partial charge in [-0.25, -0.2) is 9.78 Å². The van der Waals surface area contributed by atoms with E-state index in [0.29, 0.717) is 25.5 Å². The smallest absolute Gasteiger partial charge is 0.409 e. The predicted octanol–water partition coefficient (Wildman–Crippen LogP) is 2.96. The molecule has 0 atom stereocenters. The number of nitrogens with one attached hydrogen (secondary N) is 2. The number of carbonyl (C=O) groups excluding carboxylic acids is 2. The van der Waals surface area contributed by atoms with Crippen LogP contribution in [0.3, 0.4) is 0 Å². The van der Waals surface area contributed by atoms with Crippen molar-refractivity contribution in [3.63, 3.8) is 0 Å². The summed E-state index contributed by atoms with van der Waals surface area (Å²) in [7, 11) is 0. The molecule has 0 bridgehead atoms. The Bertz CT molecular complexity index is 722. The molecule has 1 aliphatic heterocycles. The van der Waals surface area contributed by atoms with Crippen LogP contribution >= 0.6 is 0 Å². The lowest BCUT2D eigenvalue weighted by Gasteiger charge is -2.32. The highest BCUT2D eigenvalue weighted by Gasteiger charge is 2.23. The van der Waals surface area contributed by atoms with E-state index in [9.17, 15) is 9.59 Å². The number of ether oxygens (including phenoxy) is 1. The van der Waals surface area contributed by atoms with E-state index in [1.165, 1.54) is 6.26 Å². The fraction of sp³-hybridized carbons (Fsp3) is 0.389. The molecule has 1 fully saturated rings. The first-order valence-electron chi connectivity index (χ1n) is 8.65. The molecule has 3 heterocycles. The summed E-state index contributed by atoms with van der Waals surface area (Å²) < 4.78 is 10.1. The zero-order valence-electron chi connectivity index (χ0n) is 14.6. The fourth-order valence-corrected chi connectivity index (χ4v) is 2.80. The number of nitrogens with zero attached hydrogens (tertiary/aromatic N) is 2. The van der Waals surface area contributed by atoms with Gasteiger partial charge >= 0.3 is 6.09 Å². The second-order valence-electron chi connectivity index (χ2n) is 5.97. The number of amides is 2. The fourth-order valence-electron chi connectivity index (χ4n) is 2.80. The minimum atomic E-state index is -0.338. The molecule has 1 aliphatic rings. The van der Waals surface area contributed by atoms with Crippen molar-refractivity contribution in [2.45, 2.75) is 25.8 Å². The third-order valence-electron chi connectivity index (χ3n) is 4.14. The van der Waals surface area contributed by atoms with E-state index in [0.717, 1.165) is 18.5 Å². The number of likely N-dealkylation sites (tertiary alicyclic amines) is 1. The zero-order chi connectivity index (χ0) is 18.4. The average Bonchev–Trinajstić information content (AvgIpc) is 3.19. The van der Waals surface area contributed by atoms with Crippen LogP contribution < -0.4 is 10.6 Å². The molecule has 1 saturated heterocycles. The van der Waals surface area contributed by atoms with Crippen LogP contribution in [0.15, 0.2) is 41.1 Å². The molecule has 3 rings (SSSR count). The van der Waals surface area contributed by atoms with Crippen LogP contribution in [0, 0.1) is 0 Å². The van der Waals surface area contributed by atoms with Crippen LogP contribution in [0.1, 0.15) is 30.3 Å². The van der Waals surface area contributed by atoms with E-state index >= 15 is 0 Å². The number of hydrogen-bond acceptors (Lipinski definition) is 6. The van der Waals surface area contributed by atoms with Crippen molar-refractivity contribution in [1.82, 2.24) is 9.88 Å². The Morgan fingerprint density at radius 1 is 1.31 bits per heavy atom. The molecule has 2 aromatic rings. The van der Waals surface area contributed by atoms with E-state index in [1.54, 1.807) is 36.2 Å². The molecule has 0 saturated carbocycles. The van der Waals surface area contributed by atoms with Gasteiger partial charge in [0, 0.05) is 19.1 Å². The summed E-state index contributed by atoms with van der Waals surface area (Å²) in [6, 6.07) is 7.11. The quantitative estimate of drug-likeness (QED) is 0.853. The Morgan fingerprint density at radius 2 is 2.12 bits per heavy atom. The van der Waals surface area contributed by atoms with Crippen LogP contribution in [0.25, 0.3) is 0 Å². The first kappa shape index (κ1) is 17.8. The molecule has 2 amide bonds. The molecule has 0 aromatic carbocycles. The van der Waals surface area contributed by atoms with Gasteiger partial charge in [0.1, 0.15) is 5.82 Å². The highest BCUT2D eigenvalue weighted by Crippen LogP contribution is 2.18. The minimum absolute atomic E-state index is 0.238. The van der Waals surface area contributed by atoms with Gasteiger partial charge in [0.2, 0.25) is 0 Å². The first-order valence-corrected chi connectivity index (χ1v) is 8.65. The van der Waals surface area contributed by atoms with Crippen LogP contribution in [0.2, 0.25) is 0 Å². The second-order valence-corrected chi connectivity index (χ2v) is 5.97. The molecule has 0 aliphatic carbocycles. The summed E-state index contributed by atoms with van der Waals surface area (Å²) in [6.45, 7) is 3.54. The van der Waals surface area contributed by atoms with Gasteiger partial charge < -0.3 is 24.7 Å². The van der Waals surface area contributed by atoms with Gasteiger partial charge in [0.25, 0.3) is 5.91 Å². The minimum Gasteiger partial charge on any atom is -0.459 e. The standard InChI is InChI=1S/C18H22N4O4/c1-2-25-18(24)22-9-7-13(8-10-22)20-14-5-6-16(19-12-14)21-17(23)15-4-3-11-26-15/h3-6,11-13,20H,2,7-10H2,1H3,(H,19,21,23). The van der Waals surface area contributed by atoms with Crippen molar-refractivity contribution in [2.24, 2.45) is 0 Å². The Morgan fingerprint density at radius 3 is 2.73 bits per heavy atom. The Labute approximate surface area is 151 Å². The van der Waals surface area contributed by atoms with E-state index in [2.05, 4.69) is 15.6 Å². The topological polar surface area (TPSA) is 96.7 Å². The van der Waals surface area contributed by atoms with Gasteiger partial charge in [0.15, 0.2) is 5.76 Å². The molecule has 0 spiro atoms. The summed E-state index contributed by atoms with van der Waals surface area (Å²) in [5, 5.41) is 6.08. The monoisotopic (exact) mass is 358 g/mol. The van der Waals surface area contributed by atoms with Crippen LogP contribution in [-0.4, -0.2) is 47.6 Å². The highest BCUT2D eigenvalue weighted by molar-refractivity contribution is 6.01. The van der Waals surface area contributed by atoms with E-state index in [4.69, 9.17) is 9.15 Å². The van der Waals surface area contributed by atoms with Gasteiger partial charge in [0.05, 0.1) is 24.8 Å². The third kappa shape index (κ3) is 4.53. The van der Waals surface area contributed by atoms with Crippen molar-refractivity contribution < 1.29 is 18.7 Å². The largest absolute Gasteiger partial charge is 0.459 e. The Balaban J connectivity index is 1.48. The van der Waals surface area contributed by atoms with Crippen molar-refractivity contribution in [3.05, 3.63) is 42.5 Å². The molecular formula is C18H22N4O4. The molecule has 8 heteroatoms. The lowest BCUT2D eigenvalue weighted by molar-refractivity contribution is 0.0979. The Hall–Kier alpha value is -3.03. The van der Waals surface area contributed by atoms with Gasteiger partial charge in [-0.3, -0.25) is 4.79 Å². The molecule has 0 unspecified atom stereocenters. The lowest BCUT2D eigenvalue weighted by Crippen LogP contribution is -2.42. The number of hydrogen-bond donors (Lipinski definition) is 2. The van der Waals surface area contributed by atoms with Crippen molar-refractivity contribution in [1.29, 1.82) is 0 Å². The van der Waals surface area contributed by atoms with Crippen LogP contribution in [0.5, 0.6) is 0 Å². The molecule has 0 radical (unpaired) electrons. The van der Waals surface area contributed by atoms with Gasteiger partial charge in [-0.2, -0.15) is 0 Å². The summed E-state index contributed by atoms with van der Waals surface area (Å²) in [4.78, 5) is 29.6. The van der Waals surface area contributed by atoms with Crippen molar-refractivity contribution in [2.75, 3.05) is 30.3 Å². The number of aromatic nitrogens is 1. The summed E-state index contributed by atoms with van der Waals surface area (Å²) in [6.07, 6.45) is 4.56. The molecule has 26 heavy (non-hydrogen) atoms. The Kier molecular flexibility index (Phi) is 5.73. The summed E-state index contributed by atoms with van der Waals surface area (Å²) >= 11 is 0. The number of furan rings is 1. The zero-order valence-corrected chi connectivity index (χ0v) is 14.6. The van der Waals surface area contributed by atoms with E-state index < -0.39 is 0 Å². The molecule has 2 N–H and O–H groups in total. The maximum Gasteiger partial charge on any atom is 0.409 e. The molecular weight excluding hydrogens is 336 g/mol. The predicted molar refractivity (Wildman–Crippen MR) is 96.1 cm³/mol. The SMILES string of the molecule is CCOC(=O)N1CCC(Nc2ccc(NC(=O)c3ccco3)nc2)CC1. The normalized spacial score (nSPS) is 14.7. The number of piperidine rings is 1. The van der Waals surface area contributed by atoms with Crippen LogP contribution in [-0.2, 0) is 4.74 Å². The van der Waals surface area contributed by atoms with E-state index in [-0.39, 0.29) is 23.8 Å². The molecule has 8 nitrogen and oxygen atoms in total. The third-order valence-corrected chi connectivity index (χ3v) is 4.14. The first-order chi connectivity index (χ1) is 12.7. The lowest BCUT2D eigenvalue weighted by atomic mass is 10.1. The summed E-state index contributed by atoms with van der Waals surface area (Å²) in [5.41, 5.74) is 0.871. The number of anilines is 2. The second kappa shape index (κ2) is 8.37. The van der Waals surface area contributed by atoms with Crippen molar-refractivity contribution in [3.8, 4) is 0 Å². The molecule has 138 valence electrons. The van der Waals surface area contributed by atoms with Gasteiger partial charge in [-0.1, -0.05) is 0 Å². The van der Waals surface area contributed by atoms with E-state index in [1.807, 2.05) is 6.07 Å². The summed E-state index contributed by atoms with van der Waals surface area (Å²) in [5.74, 6) is 0.353. The number of pyridine rings is 1. The van der Waals surface area contributed by atoms with Crippen molar-refractivity contribution >= 4 is 23.5 Å². The number of rotatable bonds is 5. The maximum atomic E-state index is 11.9. The number of carbonyl (C=O) groups is 2. The maximum absolute atomic E-state index is 11.9. The van der Waals surface area contributed by atoms with Crippen LogP contribution in [0.4, 0.5) is 16.3 Å². The molecule has 2 aromatic heterocycles. The van der Waals surface area contributed by atoms with Gasteiger partial charge in [-0.05, 0) is 44.0 Å². The van der Waals surface area contributed by atoms with Gasteiger partial charge in [-0.15, -0.1) is 0 Å².